The number of nitrogens with one attached hydrogen (secondary N) is 2. The average Bonchev–Trinajstić information content (AvgIpc) is 2.83. The van der Waals surface area contributed by atoms with Crippen LogP contribution in [0.3, 0.4) is 0 Å². The van der Waals surface area contributed by atoms with E-state index in [1.807, 2.05) is 14.0 Å². The third-order valence-electron chi connectivity index (χ3n) is 3.78. The zero-order chi connectivity index (χ0) is 16.4. The number of aromatic nitrogens is 2. The summed E-state index contributed by atoms with van der Waals surface area (Å²) in [5.74, 6) is 0.875. The van der Waals surface area contributed by atoms with Gasteiger partial charge in [-0.1, -0.05) is 13.8 Å². The Kier molecular flexibility index (Phi) is 8.58. The van der Waals surface area contributed by atoms with Crippen molar-refractivity contribution in [2.24, 2.45) is 4.99 Å². The molecule has 6 heteroatoms. The molecule has 0 aliphatic rings. The quantitative estimate of drug-likeness (QED) is 0.411. The molecule has 1 aromatic heterocycles. The first-order valence-corrected chi connectivity index (χ1v) is 8.28. The molecule has 0 amide bonds. The van der Waals surface area contributed by atoms with Gasteiger partial charge in [0, 0.05) is 38.9 Å². The van der Waals surface area contributed by atoms with E-state index in [9.17, 15) is 0 Å². The largest absolute Gasteiger partial charge is 0.356 e. The molecule has 1 heterocycles. The Hall–Kier alpha value is -1.56. The van der Waals surface area contributed by atoms with E-state index < -0.39 is 0 Å². The summed E-state index contributed by atoms with van der Waals surface area (Å²) in [6.45, 7) is 14.5. The third-order valence-corrected chi connectivity index (χ3v) is 3.78. The van der Waals surface area contributed by atoms with Gasteiger partial charge < -0.3 is 15.5 Å². The number of likely N-dealkylation sites (N-methyl/N-ethyl adjacent to an activating group) is 1. The van der Waals surface area contributed by atoms with Crippen molar-refractivity contribution in [3.63, 3.8) is 0 Å². The fraction of sp³-hybridized carbons (Fsp3) is 0.750. The molecule has 0 fully saturated rings. The molecule has 0 saturated heterocycles. The van der Waals surface area contributed by atoms with Crippen molar-refractivity contribution >= 4 is 5.96 Å². The Bertz CT molecular complexity index is 447. The fourth-order valence-electron chi connectivity index (χ4n) is 2.43. The Morgan fingerprint density at radius 2 is 1.91 bits per heavy atom. The van der Waals surface area contributed by atoms with Gasteiger partial charge in [-0.25, -0.2) is 0 Å². The lowest BCUT2D eigenvalue weighted by molar-refractivity contribution is 0.308. The first-order chi connectivity index (χ1) is 10.6. The van der Waals surface area contributed by atoms with Crippen LogP contribution in [0.25, 0.3) is 0 Å². The summed E-state index contributed by atoms with van der Waals surface area (Å²) in [4.78, 5) is 6.65. The summed E-state index contributed by atoms with van der Waals surface area (Å²) in [6.07, 6.45) is 1.03. The Labute approximate surface area is 135 Å². The highest BCUT2D eigenvalue weighted by Crippen LogP contribution is 2.02. The maximum Gasteiger partial charge on any atom is 0.191 e. The van der Waals surface area contributed by atoms with Gasteiger partial charge in [0.2, 0.25) is 0 Å². The molecule has 22 heavy (non-hydrogen) atoms. The second-order valence-electron chi connectivity index (χ2n) is 5.46. The van der Waals surface area contributed by atoms with Crippen molar-refractivity contribution in [2.45, 2.75) is 40.7 Å². The zero-order valence-corrected chi connectivity index (χ0v) is 14.8. The molecule has 0 bridgehead atoms. The van der Waals surface area contributed by atoms with Gasteiger partial charge in [0.25, 0.3) is 0 Å². The van der Waals surface area contributed by atoms with Crippen LogP contribution in [0.5, 0.6) is 0 Å². The van der Waals surface area contributed by atoms with Crippen LogP contribution < -0.4 is 10.6 Å². The van der Waals surface area contributed by atoms with Gasteiger partial charge in [0.15, 0.2) is 5.96 Å². The van der Waals surface area contributed by atoms with Gasteiger partial charge in [-0.15, -0.1) is 0 Å². The Balaban J connectivity index is 2.20. The van der Waals surface area contributed by atoms with Crippen LogP contribution >= 0.6 is 0 Å². The number of guanidine groups is 1. The number of hydrogen-bond acceptors (Lipinski definition) is 3. The number of rotatable bonds is 9. The molecule has 0 radical (unpaired) electrons. The van der Waals surface area contributed by atoms with E-state index in [-0.39, 0.29) is 0 Å². The summed E-state index contributed by atoms with van der Waals surface area (Å²) >= 11 is 0. The Morgan fingerprint density at radius 1 is 1.23 bits per heavy atom. The summed E-state index contributed by atoms with van der Waals surface area (Å²) in [6, 6.07) is 2.11. The van der Waals surface area contributed by atoms with Crippen LogP contribution in [0, 0.1) is 13.8 Å². The van der Waals surface area contributed by atoms with E-state index in [0.717, 1.165) is 57.3 Å². The van der Waals surface area contributed by atoms with Crippen molar-refractivity contribution in [1.29, 1.82) is 0 Å². The van der Waals surface area contributed by atoms with Crippen LogP contribution in [-0.2, 0) is 6.54 Å². The predicted octanol–water partition coefficient (Wildman–Crippen LogP) is 1.40. The lowest BCUT2D eigenvalue weighted by atomic mass is 10.4. The summed E-state index contributed by atoms with van der Waals surface area (Å²) in [5, 5.41) is 11.2. The van der Waals surface area contributed by atoms with Crippen LogP contribution in [0.15, 0.2) is 11.1 Å². The normalized spacial score (nSPS) is 12.0. The van der Waals surface area contributed by atoms with E-state index in [4.69, 9.17) is 0 Å². The smallest absolute Gasteiger partial charge is 0.191 e. The highest BCUT2D eigenvalue weighted by molar-refractivity contribution is 5.79. The molecule has 6 nitrogen and oxygen atoms in total. The van der Waals surface area contributed by atoms with Crippen molar-refractivity contribution in [3.8, 4) is 0 Å². The van der Waals surface area contributed by atoms with Gasteiger partial charge in [-0.2, -0.15) is 5.10 Å². The van der Waals surface area contributed by atoms with E-state index in [1.54, 1.807) is 0 Å². The fourth-order valence-corrected chi connectivity index (χ4v) is 2.43. The van der Waals surface area contributed by atoms with Crippen molar-refractivity contribution in [1.82, 2.24) is 25.3 Å². The average molecular weight is 308 g/mol. The Morgan fingerprint density at radius 3 is 2.45 bits per heavy atom. The molecule has 0 spiro atoms. The molecule has 126 valence electrons. The molecular weight excluding hydrogens is 276 g/mol. The van der Waals surface area contributed by atoms with Crippen LogP contribution in [0.4, 0.5) is 0 Å². The summed E-state index contributed by atoms with van der Waals surface area (Å²) in [5.41, 5.74) is 2.30. The molecule has 0 aliphatic carbocycles. The first kappa shape index (κ1) is 18.5. The minimum absolute atomic E-state index is 0.875. The molecule has 0 atom stereocenters. The topological polar surface area (TPSA) is 57.5 Å². The van der Waals surface area contributed by atoms with Crippen LogP contribution in [0.1, 0.15) is 31.7 Å². The lowest BCUT2D eigenvalue weighted by Gasteiger charge is -2.19. The maximum absolute atomic E-state index is 4.47. The zero-order valence-electron chi connectivity index (χ0n) is 14.8. The van der Waals surface area contributed by atoms with Crippen LogP contribution in [0.2, 0.25) is 0 Å². The number of aliphatic imine (C=N–C) groups is 1. The van der Waals surface area contributed by atoms with Gasteiger partial charge in [-0.05, 0) is 39.4 Å². The molecule has 0 aliphatic heterocycles. The molecule has 1 aromatic rings. The maximum atomic E-state index is 4.47. The van der Waals surface area contributed by atoms with Crippen molar-refractivity contribution in [3.05, 3.63) is 17.5 Å². The van der Waals surface area contributed by atoms with Crippen molar-refractivity contribution in [2.75, 3.05) is 39.8 Å². The second-order valence-corrected chi connectivity index (χ2v) is 5.46. The number of hydrogen-bond donors (Lipinski definition) is 2. The molecule has 2 N–H and O–H groups in total. The van der Waals surface area contributed by atoms with E-state index in [2.05, 4.69) is 57.1 Å². The highest BCUT2D eigenvalue weighted by atomic mass is 15.3. The molecular formula is C16H32N6. The van der Waals surface area contributed by atoms with E-state index in [0.29, 0.717) is 0 Å². The molecule has 1 rings (SSSR count). The SMILES string of the molecule is CCN(CC)CCNC(=NC)NCCCn1nc(C)cc1C. The predicted molar refractivity (Wildman–Crippen MR) is 93.5 cm³/mol. The number of aryl methyl sites for hydroxylation is 3. The standard InChI is InChI=1S/C16H32N6/c1-6-21(7-2)12-10-19-16(17-5)18-9-8-11-22-15(4)13-14(3)20-22/h13H,6-12H2,1-5H3,(H2,17,18,19). The summed E-state index contributed by atoms with van der Waals surface area (Å²) < 4.78 is 2.06. The van der Waals surface area contributed by atoms with Gasteiger partial charge >= 0.3 is 0 Å². The van der Waals surface area contributed by atoms with Gasteiger partial charge in [0.1, 0.15) is 0 Å². The molecule has 0 saturated carbocycles. The third kappa shape index (κ3) is 6.47. The highest BCUT2D eigenvalue weighted by Gasteiger charge is 2.02. The van der Waals surface area contributed by atoms with Crippen LogP contribution in [-0.4, -0.2) is 60.4 Å². The molecule has 0 unspecified atom stereocenters. The second kappa shape index (κ2) is 10.2. The minimum Gasteiger partial charge on any atom is -0.356 e. The van der Waals surface area contributed by atoms with Gasteiger partial charge in [-0.3, -0.25) is 9.67 Å². The molecule has 0 aromatic carbocycles. The monoisotopic (exact) mass is 308 g/mol. The van der Waals surface area contributed by atoms with E-state index in [1.165, 1.54) is 5.69 Å². The minimum atomic E-state index is 0.875. The lowest BCUT2D eigenvalue weighted by Crippen LogP contribution is -2.42. The number of nitrogens with zero attached hydrogens (tertiary/aromatic N) is 4. The first-order valence-electron chi connectivity index (χ1n) is 8.28. The van der Waals surface area contributed by atoms with Crippen molar-refractivity contribution < 1.29 is 0 Å². The van der Waals surface area contributed by atoms with Gasteiger partial charge in [0.05, 0.1) is 5.69 Å². The van der Waals surface area contributed by atoms with E-state index >= 15 is 0 Å². The summed E-state index contributed by atoms with van der Waals surface area (Å²) in [7, 11) is 1.81.